The van der Waals surface area contributed by atoms with Gasteiger partial charge in [-0.3, -0.25) is 14.6 Å². The summed E-state index contributed by atoms with van der Waals surface area (Å²) in [6.45, 7) is 5.91. The van der Waals surface area contributed by atoms with Crippen molar-refractivity contribution >= 4 is 22.8 Å². The lowest BCUT2D eigenvalue weighted by atomic mass is 9.89. The van der Waals surface area contributed by atoms with E-state index in [1.807, 2.05) is 39.0 Å². The maximum absolute atomic E-state index is 12.8. The Hall–Kier alpha value is -3.75. The number of rotatable bonds is 4. The quantitative estimate of drug-likeness (QED) is 0.497. The molecule has 0 radical (unpaired) electrons. The second-order valence-corrected chi connectivity index (χ2v) is 8.86. The van der Waals surface area contributed by atoms with Gasteiger partial charge in [-0.05, 0) is 56.9 Å². The molecule has 33 heavy (non-hydrogen) atoms. The first kappa shape index (κ1) is 21.1. The van der Waals surface area contributed by atoms with Gasteiger partial charge >= 0.3 is 0 Å². The Morgan fingerprint density at radius 1 is 1.06 bits per heavy atom. The summed E-state index contributed by atoms with van der Waals surface area (Å²) in [7, 11) is 0. The van der Waals surface area contributed by atoms with Gasteiger partial charge in [-0.15, -0.1) is 0 Å². The predicted molar refractivity (Wildman–Crippen MR) is 126 cm³/mol. The van der Waals surface area contributed by atoms with Crippen LogP contribution in [0, 0.1) is 26.7 Å². The van der Waals surface area contributed by atoms with Gasteiger partial charge in [0.1, 0.15) is 11.2 Å². The van der Waals surface area contributed by atoms with Crippen molar-refractivity contribution < 1.29 is 4.79 Å². The highest BCUT2D eigenvalue weighted by molar-refractivity contribution is 5.92. The van der Waals surface area contributed by atoms with Crippen molar-refractivity contribution in [3.8, 4) is 11.6 Å². The zero-order chi connectivity index (χ0) is 23.1. The zero-order valence-electron chi connectivity index (χ0n) is 19.1. The fraction of sp³-hybridized carbons (Fsp3) is 0.375. The lowest BCUT2D eigenvalue weighted by Crippen LogP contribution is -2.26. The molecule has 0 saturated heterocycles. The van der Waals surface area contributed by atoms with Crippen LogP contribution in [0.4, 0.5) is 5.82 Å². The summed E-state index contributed by atoms with van der Waals surface area (Å²) in [5.74, 6) is 0.704. The molecule has 1 aliphatic rings. The summed E-state index contributed by atoms with van der Waals surface area (Å²) >= 11 is 0. The van der Waals surface area contributed by atoms with E-state index < -0.39 is 0 Å². The number of anilines is 1. The second-order valence-electron chi connectivity index (χ2n) is 8.86. The number of carbonyl (C=O) groups is 1. The van der Waals surface area contributed by atoms with Crippen molar-refractivity contribution in [3.63, 3.8) is 0 Å². The number of carbonyl (C=O) groups excluding carboxylic acids is 1. The van der Waals surface area contributed by atoms with E-state index in [1.54, 1.807) is 10.7 Å². The summed E-state index contributed by atoms with van der Waals surface area (Å²) in [5.41, 5.74) is 3.93. The summed E-state index contributed by atoms with van der Waals surface area (Å²) < 4.78 is 3.13. The highest BCUT2D eigenvalue weighted by Crippen LogP contribution is 2.26. The number of aryl methyl sites for hydroxylation is 3. The number of hydrogen-bond donors (Lipinski definition) is 2. The Bertz CT molecular complexity index is 1410. The molecular formula is C24H27N7O2. The number of benzene rings is 1. The largest absolute Gasteiger partial charge is 0.310 e. The number of aromatic amines is 1. The molecule has 9 nitrogen and oxygen atoms in total. The van der Waals surface area contributed by atoms with E-state index in [-0.39, 0.29) is 23.3 Å². The first-order valence-corrected chi connectivity index (χ1v) is 11.3. The molecule has 9 heteroatoms. The minimum absolute atomic E-state index is 0.00287. The van der Waals surface area contributed by atoms with Gasteiger partial charge in [-0.1, -0.05) is 25.3 Å². The molecule has 4 aromatic rings. The van der Waals surface area contributed by atoms with Crippen molar-refractivity contribution in [2.75, 3.05) is 5.32 Å². The Morgan fingerprint density at radius 3 is 2.61 bits per heavy atom. The molecule has 0 atom stereocenters. The Kier molecular flexibility index (Phi) is 5.32. The standard InChI is InChI=1S/C24H27N7O2/c1-14-9-10-18(11-15(14)2)30-21-19(13-25-30)23(33)28-24(27-21)31-20(12-16(3)29-31)26-22(32)17-7-5-4-6-8-17/h9-13,17H,4-8H2,1-3H3,(H,26,32)(H,27,28,33). The third kappa shape index (κ3) is 3.94. The van der Waals surface area contributed by atoms with Gasteiger partial charge in [0.15, 0.2) is 5.65 Å². The van der Waals surface area contributed by atoms with Gasteiger partial charge < -0.3 is 5.32 Å². The van der Waals surface area contributed by atoms with Gasteiger partial charge in [-0.2, -0.15) is 19.9 Å². The van der Waals surface area contributed by atoms with Gasteiger partial charge in [0.2, 0.25) is 11.9 Å². The van der Waals surface area contributed by atoms with E-state index in [2.05, 4.69) is 25.5 Å². The SMILES string of the molecule is Cc1cc(NC(=O)C2CCCCC2)n(-c2nc3c(cnn3-c3ccc(C)c(C)c3)c(=O)[nH]2)n1. The highest BCUT2D eigenvalue weighted by Gasteiger charge is 2.23. The fourth-order valence-electron chi connectivity index (χ4n) is 4.40. The average Bonchev–Trinajstić information content (AvgIpc) is 3.40. The van der Waals surface area contributed by atoms with E-state index in [0.29, 0.717) is 22.5 Å². The molecule has 0 spiro atoms. The Balaban J connectivity index is 1.56. The smallest absolute Gasteiger partial charge is 0.263 e. The summed E-state index contributed by atoms with van der Waals surface area (Å²) in [6.07, 6.45) is 6.64. The van der Waals surface area contributed by atoms with E-state index in [4.69, 9.17) is 0 Å². The molecule has 170 valence electrons. The third-order valence-electron chi connectivity index (χ3n) is 6.42. The molecule has 1 amide bonds. The first-order chi connectivity index (χ1) is 15.9. The normalized spacial score (nSPS) is 14.6. The molecule has 1 aliphatic carbocycles. The molecule has 1 saturated carbocycles. The van der Waals surface area contributed by atoms with E-state index >= 15 is 0 Å². The van der Waals surface area contributed by atoms with Crippen LogP contribution in [0.5, 0.6) is 0 Å². The van der Waals surface area contributed by atoms with Crippen LogP contribution < -0.4 is 10.9 Å². The first-order valence-electron chi connectivity index (χ1n) is 11.3. The lowest BCUT2D eigenvalue weighted by molar-refractivity contribution is -0.120. The second kappa shape index (κ2) is 8.31. The minimum atomic E-state index is -0.317. The number of nitrogens with zero attached hydrogens (tertiary/aromatic N) is 5. The number of nitrogens with one attached hydrogen (secondary N) is 2. The van der Waals surface area contributed by atoms with Gasteiger partial charge in [0, 0.05) is 12.0 Å². The van der Waals surface area contributed by atoms with E-state index in [9.17, 15) is 9.59 Å². The molecular weight excluding hydrogens is 418 g/mol. The summed E-state index contributed by atoms with van der Waals surface area (Å²) in [4.78, 5) is 33.2. The predicted octanol–water partition coefficient (Wildman–Crippen LogP) is 3.74. The number of hydrogen-bond acceptors (Lipinski definition) is 5. The molecule has 1 fully saturated rings. The Morgan fingerprint density at radius 2 is 1.85 bits per heavy atom. The van der Waals surface area contributed by atoms with Crippen molar-refractivity contribution in [3.05, 3.63) is 57.6 Å². The molecule has 1 aromatic carbocycles. The van der Waals surface area contributed by atoms with Crippen molar-refractivity contribution in [2.24, 2.45) is 5.92 Å². The van der Waals surface area contributed by atoms with Gasteiger partial charge in [0.05, 0.1) is 17.6 Å². The van der Waals surface area contributed by atoms with Gasteiger partial charge in [0.25, 0.3) is 5.56 Å². The number of H-pyrrole nitrogens is 1. The molecule has 3 heterocycles. The number of fused-ring (bicyclic) bond motifs is 1. The third-order valence-corrected chi connectivity index (χ3v) is 6.42. The molecule has 3 aromatic heterocycles. The molecule has 2 N–H and O–H groups in total. The van der Waals surface area contributed by atoms with Crippen LogP contribution in [0.25, 0.3) is 22.7 Å². The molecule has 5 rings (SSSR count). The molecule has 0 bridgehead atoms. The number of amides is 1. The fourth-order valence-corrected chi connectivity index (χ4v) is 4.40. The van der Waals surface area contributed by atoms with Crippen LogP contribution in [-0.4, -0.2) is 35.4 Å². The summed E-state index contributed by atoms with van der Waals surface area (Å²) in [6, 6.07) is 7.76. The van der Waals surface area contributed by atoms with Crippen LogP contribution in [0.15, 0.2) is 35.3 Å². The average molecular weight is 446 g/mol. The van der Waals surface area contributed by atoms with E-state index in [0.717, 1.165) is 36.9 Å². The Labute approximate surface area is 190 Å². The lowest BCUT2D eigenvalue weighted by Gasteiger charge is -2.20. The van der Waals surface area contributed by atoms with Crippen molar-refractivity contribution in [1.82, 2.24) is 29.5 Å². The molecule has 0 unspecified atom stereocenters. The van der Waals surface area contributed by atoms with Crippen LogP contribution in [-0.2, 0) is 4.79 Å². The van der Waals surface area contributed by atoms with E-state index in [1.165, 1.54) is 22.9 Å². The maximum Gasteiger partial charge on any atom is 0.263 e. The summed E-state index contributed by atoms with van der Waals surface area (Å²) in [5, 5.41) is 12.3. The van der Waals surface area contributed by atoms with Crippen LogP contribution in [0.3, 0.4) is 0 Å². The minimum Gasteiger partial charge on any atom is -0.310 e. The van der Waals surface area contributed by atoms with Crippen LogP contribution in [0.1, 0.15) is 48.9 Å². The molecule has 0 aliphatic heterocycles. The van der Waals surface area contributed by atoms with Crippen molar-refractivity contribution in [1.29, 1.82) is 0 Å². The number of aromatic nitrogens is 6. The monoisotopic (exact) mass is 445 g/mol. The topological polar surface area (TPSA) is 110 Å². The van der Waals surface area contributed by atoms with Crippen molar-refractivity contribution in [2.45, 2.75) is 52.9 Å². The highest BCUT2D eigenvalue weighted by atomic mass is 16.2. The zero-order valence-corrected chi connectivity index (χ0v) is 19.1. The van der Waals surface area contributed by atoms with Gasteiger partial charge in [-0.25, -0.2) is 4.68 Å². The maximum atomic E-state index is 12.8. The van der Waals surface area contributed by atoms with Crippen LogP contribution in [0.2, 0.25) is 0 Å². The van der Waals surface area contributed by atoms with Crippen LogP contribution >= 0.6 is 0 Å².